The normalized spacial score (nSPS) is 18.0. The van der Waals surface area contributed by atoms with Crippen molar-refractivity contribution in [3.8, 4) is 0 Å². The number of aryl methyl sites for hydroxylation is 2. The van der Waals surface area contributed by atoms with Crippen LogP contribution in [0.25, 0.3) is 0 Å². The molecule has 0 bridgehead atoms. The van der Waals surface area contributed by atoms with Crippen molar-refractivity contribution in [2.24, 2.45) is 0 Å². The van der Waals surface area contributed by atoms with Crippen molar-refractivity contribution >= 4 is 21.6 Å². The summed E-state index contributed by atoms with van der Waals surface area (Å²) < 4.78 is 40.7. The second-order valence-corrected chi connectivity index (χ2v) is 8.35. The zero-order chi connectivity index (χ0) is 18.9. The fourth-order valence-corrected chi connectivity index (χ4v) is 4.84. The number of halogens is 1. The summed E-state index contributed by atoms with van der Waals surface area (Å²) in [4.78, 5) is 12.3. The summed E-state index contributed by atoms with van der Waals surface area (Å²) in [5.74, 6) is -1.21. The average molecular weight is 376 g/mol. The molecule has 0 aromatic heterocycles. The van der Waals surface area contributed by atoms with E-state index in [-0.39, 0.29) is 6.54 Å². The van der Waals surface area contributed by atoms with E-state index in [4.69, 9.17) is 0 Å². The number of benzene rings is 2. The van der Waals surface area contributed by atoms with Crippen molar-refractivity contribution < 1.29 is 17.6 Å². The number of anilines is 1. The molecule has 0 aliphatic carbocycles. The van der Waals surface area contributed by atoms with Gasteiger partial charge in [0.15, 0.2) is 0 Å². The Kier molecular flexibility index (Phi) is 5.11. The van der Waals surface area contributed by atoms with E-state index in [1.54, 1.807) is 6.07 Å². The van der Waals surface area contributed by atoms with Crippen LogP contribution in [0.1, 0.15) is 24.0 Å². The Morgan fingerprint density at radius 1 is 1.15 bits per heavy atom. The lowest BCUT2D eigenvalue weighted by molar-refractivity contribution is -0.119. The van der Waals surface area contributed by atoms with Gasteiger partial charge in [0, 0.05) is 12.2 Å². The molecule has 26 heavy (non-hydrogen) atoms. The van der Waals surface area contributed by atoms with Gasteiger partial charge in [0.05, 0.1) is 0 Å². The molecule has 1 aliphatic rings. The minimum Gasteiger partial charge on any atom is -0.325 e. The first-order valence-electron chi connectivity index (χ1n) is 8.45. The molecule has 1 atom stereocenters. The van der Waals surface area contributed by atoms with Gasteiger partial charge in [-0.1, -0.05) is 18.2 Å². The molecule has 1 aliphatic heterocycles. The fourth-order valence-electron chi connectivity index (χ4n) is 3.11. The SMILES string of the molecule is Cc1ccc(NC(=O)C2CCCN2S(=O)(=O)c2ccccc2F)cc1C. The van der Waals surface area contributed by atoms with E-state index in [0.717, 1.165) is 21.5 Å². The number of sulfonamides is 1. The number of carbonyl (C=O) groups excluding carboxylic acids is 1. The van der Waals surface area contributed by atoms with Crippen LogP contribution in [0.15, 0.2) is 47.4 Å². The summed E-state index contributed by atoms with van der Waals surface area (Å²) in [6.45, 7) is 4.11. The lowest BCUT2D eigenvalue weighted by Gasteiger charge is -2.23. The molecule has 0 spiro atoms. The third-order valence-electron chi connectivity index (χ3n) is 4.70. The Bertz CT molecular complexity index is 944. The van der Waals surface area contributed by atoms with Crippen LogP contribution in [0, 0.1) is 19.7 Å². The highest BCUT2D eigenvalue weighted by atomic mass is 32.2. The van der Waals surface area contributed by atoms with Gasteiger partial charge in [-0.05, 0) is 62.1 Å². The summed E-state index contributed by atoms with van der Waals surface area (Å²) in [7, 11) is -4.07. The molecule has 1 unspecified atom stereocenters. The lowest BCUT2D eigenvalue weighted by atomic mass is 10.1. The van der Waals surface area contributed by atoms with Gasteiger partial charge in [-0.2, -0.15) is 4.31 Å². The van der Waals surface area contributed by atoms with E-state index in [2.05, 4.69) is 5.32 Å². The third kappa shape index (κ3) is 3.50. The molecule has 5 nitrogen and oxygen atoms in total. The second kappa shape index (κ2) is 7.17. The molecule has 1 saturated heterocycles. The first-order valence-corrected chi connectivity index (χ1v) is 9.89. The average Bonchev–Trinajstić information content (AvgIpc) is 3.09. The Morgan fingerprint density at radius 2 is 1.88 bits per heavy atom. The quantitative estimate of drug-likeness (QED) is 0.891. The number of hydrogen-bond acceptors (Lipinski definition) is 3. The van der Waals surface area contributed by atoms with Crippen LogP contribution in [-0.4, -0.2) is 31.2 Å². The van der Waals surface area contributed by atoms with Crippen molar-refractivity contribution in [2.75, 3.05) is 11.9 Å². The van der Waals surface area contributed by atoms with Gasteiger partial charge in [0.2, 0.25) is 15.9 Å². The van der Waals surface area contributed by atoms with Gasteiger partial charge in [-0.25, -0.2) is 12.8 Å². The zero-order valence-electron chi connectivity index (χ0n) is 14.7. The second-order valence-electron chi connectivity index (χ2n) is 6.49. The monoisotopic (exact) mass is 376 g/mol. The number of rotatable bonds is 4. The third-order valence-corrected chi connectivity index (χ3v) is 6.65. The van der Waals surface area contributed by atoms with Crippen LogP contribution < -0.4 is 5.32 Å². The molecule has 2 aromatic carbocycles. The molecular weight excluding hydrogens is 355 g/mol. The van der Waals surface area contributed by atoms with Gasteiger partial charge in [-0.15, -0.1) is 0 Å². The molecule has 7 heteroatoms. The molecule has 2 aromatic rings. The maximum absolute atomic E-state index is 14.0. The van der Waals surface area contributed by atoms with Gasteiger partial charge in [-0.3, -0.25) is 4.79 Å². The maximum Gasteiger partial charge on any atom is 0.246 e. The van der Waals surface area contributed by atoms with Gasteiger partial charge in [0.25, 0.3) is 0 Å². The zero-order valence-corrected chi connectivity index (χ0v) is 15.5. The van der Waals surface area contributed by atoms with Crippen LogP contribution >= 0.6 is 0 Å². The summed E-state index contributed by atoms with van der Waals surface area (Å²) in [5.41, 5.74) is 2.76. The summed E-state index contributed by atoms with van der Waals surface area (Å²) >= 11 is 0. The van der Waals surface area contributed by atoms with Crippen molar-refractivity contribution in [2.45, 2.75) is 37.6 Å². The molecule has 1 heterocycles. The molecule has 1 amide bonds. The molecule has 0 radical (unpaired) electrons. The fraction of sp³-hybridized carbons (Fsp3) is 0.316. The number of amides is 1. The highest BCUT2D eigenvalue weighted by Gasteiger charge is 2.40. The Morgan fingerprint density at radius 3 is 2.58 bits per heavy atom. The smallest absolute Gasteiger partial charge is 0.246 e. The van der Waals surface area contributed by atoms with E-state index < -0.39 is 32.7 Å². The van der Waals surface area contributed by atoms with E-state index in [0.29, 0.717) is 18.5 Å². The minimum atomic E-state index is -4.07. The molecule has 1 fully saturated rings. The molecule has 3 rings (SSSR count). The predicted molar refractivity (Wildman–Crippen MR) is 97.9 cm³/mol. The summed E-state index contributed by atoms with van der Waals surface area (Å²) in [6, 6.07) is 9.91. The minimum absolute atomic E-state index is 0.196. The topological polar surface area (TPSA) is 66.5 Å². The van der Waals surface area contributed by atoms with Crippen LogP contribution in [0.3, 0.4) is 0 Å². The first-order chi connectivity index (χ1) is 12.3. The number of carbonyl (C=O) groups is 1. The highest BCUT2D eigenvalue weighted by Crippen LogP contribution is 2.28. The summed E-state index contributed by atoms with van der Waals surface area (Å²) in [5, 5.41) is 2.78. The molecule has 138 valence electrons. The van der Waals surface area contributed by atoms with Crippen LogP contribution in [0.4, 0.5) is 10.1 Å². The predicted octanol–water partition coefficient (Wildman–Crippen LogP) is 3.23. The van der Waals surface area contributed by atoms with Crippen LogP contribution in [-0.2, 0) is 14.8 Å². The largest absolute Gasteiger partial charge is 0.325 e. The molecular formula is C19H21FN2O3S. The Balaban J connectivity index is 1.84. The highest BCUT2D eigenvalue weighted by molar-refractivity contribution is 7.89. The Hall–Kier alpha value is -2.25. The van der Waals surface area contributed by atoms with Crippen LogP contribution in [0.5, 0.6) is 0 Å². The van der Waals surface area contributed by atoms with E-state index >= 15 is 0 Å². The van der Waals surface area contributed by atoms with Crippen molar-refractivity contribution in [1.82, 2.24) is 4.31 Å². The van der Waals surface area contributed by atoms with Gasteiger partial charge in [0.1, 0.15) is 16.8 Å². The molecule has 1 N–H and O–H groups in total. The van der Waals surface area contributed by atoms with E-state index in [1.807, 2.05) is 26.0 Å². The number of nitrogens with one attached hydrogen (secondary N) is 1. The van der Waals surface area contributed by atoms with E-state index in [9.17, 15) is 17.6 Å². The van der Waals surface area contributed by atoms with Crippen LogP contribution in [0.2, 0.25) is 0 Å². The van der Waals surface area contributed by atoms with E-state index in [1.165, 1.54) is 18.2 Å². The van der Waals surface area contributed by atoms with Crippen molar-refractivity contribution in [1.29, 1.82) is 0 Å². The Labute approximate surface area is 152 Å². The first kappa shape index (κ1) is 18.5. The van der Waals surface area contributed by atoms with Gasteiger partial charge >= 0.3 is 0 Å². The lowest BCUT2D eigenvalue weighted by Crippen LogP contribution is -2.43. The maximum atomic E-state index is 14.0. The van der Waals surface area contributed by atoms with Crippen molar-refractivity contribution in [3.63, 3.8) is 0 Å². The molecule has 0 saturated carbocycles. The number of nitrogens with zero attached hydrogens (tertiary/aromatic N) is 1. The van der Waals surface area contributed by atoms with Gasteiger partial charge < -0.3 is 5.32 Å². The standard InChI is InChI=1S/C19H21FN2O3S/c1-13-9-10-15(12-14(13)2)21-19(23)17-7-5-11-22(17)26(24,25)18-8-4-3-6-16(18)20/h3-4,6,8-10,12,17H,5,7,11H2,1-2H3,(H,21,23). The van der Waals surface area contributed by atoms with Crippen molar-refractivity contribution in [3.05, 3.63) is 59.4 Å². The summed E-state index contributed by atoms with van der Waals surface area (Å²) in [6.07, 6.45) is 0.961. The number of hydrogen-bond donors (Lipinski definition) is 1.